The van der Waals surface area contributed by atoms with Crippen molar-refractivity contribution in [2.75, 3.05) is 13.7 Å². The SMILES string of the molecule is CCOC1(C(NC)c2ccn(C)n2)CCCC(C)C1. The monoisotopic (exact) mass is 265 g/mol. The zero-order chi connectivity index (χ0) is 13.9. The van der Waals surface area contributed by atoms with Gasteiger partial charge in [0.2, 0.25) is 0 Å². The Morgan fingerprint density at radius 1 is 1.63 bits per heavy atom. The Morgan fingerprint density at radius 3 is 2.95 bits per heavy atom. The van der Waals surface area contributed by atoms with Crippen LogP contribution >= 0.6 is 0 Å². The second-order valence-electron chi connectivity index (χ2n) is 5.84. The van der Waals surface area contributed by atoms with Crippen molar-refractivity contribution in [3.8, 4) is 0 Å². The van der Waals surface area contributed by atoms with Crippen molar-refractivity contribution in [1.82, 2.24) is 15.1 Å². The maximum atomic E-state index is 6.25. The van der Waals surface area contributed by atoms with E-state index in [0.29, 0.717) is 0 Å². The van der Waals surface area contributed by atoms with E-state index in [-0.39, 0.29) is 11.6 Å². The normalized spacial score (nSPS) is 29.4. The van der Waals surface area contributed by atoms with Gasteiger partial charge in [-0.2, -0.15) is 5.10 Å². The molecule has 0 amide bonds. The summed E-state index contributed by atoms with van der Waals surface area (Å²) in [6.07, 6.45) is 6.79. The van der Waals surface area contributed by atoms with Gasteiger partial charge in [-0.15, -0.1) is 0 Å². The Labute approximate surface area is 116 Å². The predicted molar refractivity (Wildman–Crippen MR) is 77.0 cm³/mol. The smallest absolute Gasteiger partial charge is 0.0894 e. The van der Waals surface area contributed by atoms with E-state index in [1.165, 1.54) is 12.8 Å². The van der Waals surface area contributed by atoms with Crippen LogP contribution in [0.15, 0.2) is 12.3 Å². The highest BCUT2D eigenvalue weighted by Crippen LogP contribution is 2.43. The molecule has 1 aromatic heterocycles. The van der Waals surface area contributed by atoms with Crippen LogP contribution in [0.5, 0.6) is 0 Å². The fourth-order valence-electron chi connectivity index (χ4n) is 3.58. The van der Waals surface area contributed by atoms with Gasteiger partial charge in [0.1, 0.15) is 0 Å². The molecule has 0 aliphatic heterocycles. The molecule has 19 heavy (non-hydrogen) atoms. The molecule has 0 spiro atoms. The van der Waals surface area contributed by atoms with Crippen LogP contribution in [0.4, 0.5) is 0 Å². The molecule has 1 heterocycles. The molecule has 0 saturated heterocycles. The lowest BCUT2D eigenvalue weighted by Gasteiger charge is -2.44. The lowest BCUT2D eigenvalue weighted by atomic mass is 9.73. The Balaban J connectivity index is 2.29. The van der Waals surface area contributed by atoms with Crippen molar-refractivity contribution < 1.29 is 4.74 Å². The average Bonchev–Trinajstić information content (AvgIpc) is 2.77. The van der Waals surface area contributed by atoms with Crippen LogP contribution < -0.4 is 5.32 Å². The number of aryl methyl sites for hydroxylation is 1. The van der Waals surface area contributed by atoms with E-state index < -0.39 is 0 Å². The molecule has 2 rings (SSSR count). The van der Waals surface area contributed by atoms with Gasteiger partial charge in [-0.25, -0.2) is 0 Å². The van der Waals surface area contributed by atoms with Gasteiger partial charge in [0.25, 0.3) is 0 Å². The molecule has 3 atom stereocenters. The number of nitrogens with one attached hydrogen (secondary N) is 1. The predicted octanol–water partition coefficient (Wildman–Crippen LogP) is 2.67. The Bertz CT molecular complexity index is 400. The zero-order valence-corrected chi connectivity index (χ0v) is 12.6. The molecule has 1 fully saturated rings. The van der Waals surface area contributed by atoms with Crippen LogP contribution in [0.3, 0.4) is 0 Å². The highest BCUT2D eigenvalue weighted by Gasteiger charge is 2.43. The third-order valence-electron chi connectivity index (χ3n) is 4.27. The fourth-order valence-corrected chi connectivity index (χ4v) is 3.58. The van der Waals surface area contributed by atoms with Gasteiger partial charge in [-0.3, -0.25) is 4.68 Å². The summed E-state index contributed by atoms with van der Waals surface area (Å²) in [7, 11) is 3.98. The Kier molecular flexibility index (Phi) is 4.63. The highest BCUT2D eigenvalue weighted by atomic mass is 16.5. The molecule has 4 heteroatoms. The molecule has 4 nitrogen and oxygen atoms in total. The summed E-state index contributed by atoms with van der Waals surface area (Å²) in [6.45, 7) is 5.18. The summed E-state index contributed by atoms with van der Waals surface area (Å²) in [6, 6.07) is 2.28. The summed E-state index contributed by atoms with van der Waals surface area (Å²) in [4.78, 5) is 0. The quantitative estimate of drug-likeness (QED) is 0.889. The Morgan fingerprint density at radius 2 is 2.42 bits per heavy atom. The van der Waals surface area contributed by atoms with E-state index in [1.54, 1.807) is 0 Å². The fraction of sp³-hybridized carbons (Fsp3) is 0.800. The third kappa shape index (κ3) is 3.00. The van der Waals surface area contributed by atoms with E-state index in [4.69, 9.17) is 4.74 Å². The largest absolute Gasteiger partial charge is 0.373 e. The molecule has 0 bridgehead atoms. The van der Waals surface area contributed by atoms with Crippen LogP contribution in [0, 0.1) is 5.92 Å². The number of ether oxygens (including phenoxy) is 1. The zero-order valence-electron chi connectivity index (χ0n) is 12.6. The van der Waals surface area contributed by atoms with E-state index in [1.807, 2.05) is 25.0 Å². The summed E-state index contributed by atoms with van der Waals surface area (Å²) in [5, 5.41) is 8.03. The number of hydrogen-bond donors (Lipinski definition) is 1. The molecular formula is C15H27N3O. The second kappa shape index (κ2) is 6.06. The molecule has 108 valence electrons. The summed E-state index contributed by atoms with van der Waals surface area (Å²) in [5.41, 5.74) is 0.989. The van der Waals surface area contributed by atoms with Crippen molar-refractivity contribution in [3.05, 3.63) is 18.0 Å². The first kappa shape index (κ1) is 14.5. The summed E-state index contributed by atoms with van der Waals surface area (Å²) in [5.74, 6) is 0.722. The molecule has 0 aromatic carbocycles. The van der Waals surface area contributed by atoms with Gasteiger partial charge in [-0.1, -0.05) is 19.8 Å². The van der Waals surface area contributed by atoms with E-state index in [2.05, 4.69) is 30.3 Å². The minimum atomic E-state index is -0.102. The van der Waals surface area contributed by atoms with Crippen molar-refractivity contribution in [2.45, 2.75) is 51.2 Å². The van der Waals surface area contributed by atoms with Gasteiger partial charge in [0.05, 0.1) is 17.3 Å². The first-order chi connectivity index (χ1) is 9.11. The van der Waals surface area contributed by atoms with E-state index in [9.17, 15) is 0 Å². The van der Waals surface area contributed by atoms with E-state index >= 15 is 0 Å². The topological polar surface area (TPSA) is 39.1 Å². The first-order valence-electron chi connectivity index (χ1n) is 7.42. The number of aromatic nitrogens is 2. The van der Waals surface area contributed by atoms with Crippen LogP contribution in [0.2, 0.25) is 0 Å². The van der Waals surface area contributed by atoms with E-state index in [0.717, 1.165) is 31.1 Å². The standard InChI is InChI=1S/C15H27N3O/c1-5-19-15(9-6-7-12(2)11-15)14(16-3)13-8-10-18(4)17-13/h8,10,12,14,16H,5-7,9,11H2,1-4H3. The molecule has 1 N–H and O–H groups in total. The molecule has 0 radical (unpaired) electrons. The number of likely N-dealkylation sites (N-methyl/N-ethyl adjacent to an activating group) is 1. The molecule has 3 unspecified atom stereocenters. The van der Waals surface area contributed by atoms with Crippen molar-refractivity contribution in [1.29, 1.82) is 0 Å². The van der Waals surface area contributed by atoms with Gasteiger partial charge < -0.3 is 10.1 Å². The third-order valence-corrected chi connectivity index (χ3v) is 4.27. The molecule has 1 saturated carbocycles. The molecular weight excluding hydrogens is 238 g/mol. The maximum absolute atomic E-state index is 6.25. The van der Waals surface area contributed by atoms with Crippen LogP contribution in [0.25, 0.3) is 0 Å². The van der Waals surface area contributed by atoms with Crippen molar-refractivity contribution >= 4 is 0 Å². The summed E-state index contributed by atoms with van der Waals surface area (Å²) < 4.78 is 8.11. The van der Waals surface area contributed by atoms with Crippen LogP contribution in [-0.2, 0) is 11.8 Å². The number of nitrogens with zero attached hydrogens (tertiary/aromatic N) is 2. The van der Waals surface area contributed by atoms with Crippen LogP contribution in [-0.4, -0.2) is 29.0 Å². The Hall–Kier alpha value is -0.870. The molecule has 1 aliphatic rings. The second-order valence-corrected chi connectivity index (χ2v) is 5.84. The lowest BCUT2D eigenvalue weighted by Crippen LogP contribution is -2.48. The summed E-state index contributed by atoms with van der Waals surface area (Å²) >= 11 is 0. The van der Waals surface area contributed by atoms with Gasteiger partial charge in [-0.05, 0) is 38.8 Å². The minimum Gasteiger partial charge on any atom is -0.373 e. The first-order valence-corrected chi connectivity index (χ1v) is 7.42. The highest BCUT2D eigenvalue weighted by molar-refractivity contribution is 5.13. The minimum absolute atomic E-state index is 0.102. The van der Waals surface area contributed by atoms with Gasteiger partial charge in [0, 0.05) is 19.9 Å². The number of rotatable bonds is 5. The maximum Gasteiger partial charge on any atom is 0.0894 e. The van der Waals surface area contributed by atoms with Crippen molar-refractivity contribution in [3.63, 3.8) is 0 Å². The molecule has 1 aromatic rings. The van der Waals surface area contributed by atoms with Gasteiger partial charge in [0.15, 0.2) is 0 Å². The van der Waals surface area contributed by atoms with Crippen LogP contribution in [0.1, 0.15) is 51.3 Å². The average molecular weight is 265 g/mol. The molecule has 1 aliphatic carbocycles. The lowest BCUT2D eigenvalue weighted by molar-refractivity contribution is -0.101. The van der Waals surface area contributed by atoms with Gasteiger partial charge >= 0.3 is 0 Å². The van der Waals surface area contributed by atoms with Crippen molar-refractivity contribution in [2.24, 2.45) is 13.0 Å². The number of hydrogen-bond acceptors (Lipinski definition) is 3.